The molecule has 0 amide bonds. The first kappa shape index (κ1) is 23.1. The minimum Gasteiger partial charge on any atom is -0.424 e. The van der Waals surface area contributed by atoms with Gasteiger partial charge in [-0.1, -0.05) is 88.3 Å². The number of rotatable bonds is 8. The number of carbonyl (C=O) groups excluding carboxylic acids is 1. The largest absolute Gasteiger partial charge is 0.424 e. The number of hydrogen-bond donors (Lipinski definition) is 0. The van der Waals surface area contributed by atoms with E-state index < -0.39 is 5.41 Å². The van der Waals surface area contributed by atoms with Gasteiger partial charge in [0, 0.05) is 0 Å². The van der Waals surface area contributed by atoms with E-state index in [0.29, 0.717) is 17.2 Å². The van der Waals surface area contributed by atoms with Gasteiger partial charge in [-0.05, 0) is 55.4 Å². The Kier molecular flexibility index (Phi) is 7.91. The SMILES string of the molecule is CCCCC(C)Cc1ccc(OC(=O)C2(c3ccc(C)cc3)CCCCC2)c(C#N)c1. The third kappa shape index (κ3) is 5.56. The Labute approximate surface area is 187 Å². The highest BCUT2D eigenvalue weighted by Crippen LogP contribution is 2.41. The summed E-state index contributed by atoms with van der Waals surface area (Å²) in [6.07, 6.45) is 9.33. The van der Waals surface area contributed by atoms with Crippen molar-refractivity contribution in [1.82, 2.24) is 0 Å². The fourth-order valence-corrected chi connectivity index (χ4v) is 4.77. The van der Waals surface area contributed by atoms with Crippen LogP contribution >= 0.6 is 0 Å². The van der Waals surface area contributed by atoms with Crippen molar-refractivity contribution in [2.75, 3.05) is 0 Å². The summed E-state index contributed by atoms with van der Waals surface area (Å²) < 4.78 is 5.93. The van der Waals surface area contributed by atoms with Crippen molar-refractivity contribution >= 4 is 5.97 Å². The molecule has 1 atom stereocenters. The van der Waals surface area contributed by atoms with Crippen LogP contribution < -0.4 is 4.74 Å². The molecule has 3 heteroatoms. The van der Waals surface area contributed by atoms with Gasteiger partial charge in [0.2, 0.25) is 0 Å². The second-order valence-electron chi connectivity index (χ2n) is 9.29. The van der Waals surface area contributed by atoms with Crippen LogP contribution in [-0.2, 0) is 16.6 Å². The summed E-state index contributed by atoms with van der Waals surface area (Å²) in [6.45, 7) is 6.52. The fourth-order valence-electron chi connectivity index (χ4n) is 4.77. The van der Waals surface area contributed by atoms with Crippen LogP contribution in [0.4, 0.5) is 0 Å². The summed E-state index contributed by atoms with van der Waals surface area (Å²) in [4.78, 5) is 13.5. The van der Waals surface area contributed by atoms with Gasteiger partial charge in [-0.25, -0.2) is 0 Å². The topological polar surface area (TPSA) is 50.1 Å². The summed E-state index contributed by atoms with van der Waals surface area (Å²) in [5, 5.41) is 9.71. The van der Waals surface area contributed by atoms with Crippen molar-refractivity contribution < 1.29 is 9.53 Å². The molecule has 3 nitrogen and oxygen atoms in total. The summed E-state index contributed by atoms with van der Waals surface area (Å²) in [5.41, 5.74) is 3.17. The molecule has 164 valence electrons. The van der Waals surface area contributed by atoms with Crippen LogP contribution in [0.5, 0.6) is 5.75 Å². The molecule has 0 aliphatic heterocycles. The lowest BCUT2D eigenvalue weighted by atomic mass is 9.69. The Hall–Kier alpha value is -2.60. The highest BCUT2D eigenvalue weighted by atomic mass is 16.5. The first-order chi connectivity index (χ1) is 15.0. The summed E-state index contributed by atoms with van der Waals surface area (Å²) >= 11 is 0. The van der Waals surface area contributed by atoms with Gasteiger partial charge in [-0.3, -0.25) is 4.79 Å². The van der Waals surface area contributed by atoms with Crippen molar-refractivity contribution in [2.24, 2.45) is 5.92 Å². The Morgan fingerprint density at radius 1 is 1.13 bits per heavy atom. The van der Waals surface area contributed by atoms with E-state index in [1.165, 1.54) is 24.8 Å². The third-order valence-corrected chi connectivity index (χ3v) is 6.70. The molecule has 31 heavy (non-hydrogen) atoms. The molecule has 0 N–H and O–H groups in total. The lowest BCUT2D eigenvalue weighted by Crippen LogP contribution is -2.41. The Morgan fingerprint density at radius 2 is 1.84 bits per heavy atom. The Morgan fingerprint density at radius 3 is 2.48 bits per heavy atom. The third-order valence-electron chi connectivity index (χ3n) is 6.70. The number of aryl methyl sites for hydroxylation is 1. The highest BCUT2D eigenvalue weighted by Gasteiger charge is 2.43. The molecule has 2 aromatic carbocycles. The van der Waals surface area contributed by atoms with Gasteiger partial charge in [0.05, 0.1) is 11.0 Å². The molecule has 1 unspecified atom stereocenters. The number of nitrogens with zero attached hydrogens (tertiary/aromatic N) is 1. The van der Waals surface area contributed by atoms with E-state index in [2.05, 4.69) is 51.1 Å². The predicted molar refractivity (Wildman–Crippen MR) is 125 cm³/mol. The molecule has 0 spiro atoms. The highest BCUT2D eigenvalue weighted by molar-refractivity contribution is 5.85. The minimum absolute atomic E-state index is 0.225. The van der Waals surface area contributed by atoms with Crippen LogP contribution in [0.15, 0.2) is 42.5 Å². The molecule has 1 fully saturated rings. The average Bonchev–Trinajstić information content (AvgIpc) is 2.79. The molecule has 1 saturated carbocycles. The van der Waals surface area contributed by atoms with Crippen LogP contribution in [0, 0.1) is 24.2 Å². The van der Waals surface area contributed by atoms with Crippen LogP contribution in [0.25, 0.3) is 0 Å². The summed E-state index contributed by atoms with van der Waals surface area (Å²) in [5.74, 6) is 0.734. The van der Waals surface area contributed by atoms with Crippen molar-refractivity contribution in [3.8, 4) is 11.8 Å². The second kappa shape index (κ2) is 10.6. The number of esters is 1. The summed E-state index contributed by atoms with van der Waals surface area (Å²) in [6, 6.07) is 16.2. The van der Waals surface area contributed by atoms with E-state index in [0.717, 1.165) is 49.7 Å². The monoisotopic (exact) mass is 417 g/mol. The van der Waals surface area contributed by atoms with E-state index in [4.69, 9.17) is 4.74 Å². The standard InChI is InChI=1S/C28H35NO2/c1-4-5-9-22(3)18-23-12-15-26(24(19-23)20-29)31-27(30)28(16-7-6-8-17-28)25-13-10-21(2)11-14-25/h10-15,19,22H,4-9,16-18H2,1-3H3. The van der Waals surface area contributed by atoms with Gasteiger partial charge in [0.1, 0.15) is 11.8 Å². The zero-order valence-corrected chi connectivity index (χ0v) is 19.2. The van der Waals surface area contributed by atoms with Crippen LogP contribution in [0.1, 0.15) is 87.5 Å². The molecule has 2 aromatic rings. The van der Waals surface area contributed by atoms with E-state index in [9.17, 15) is 10.1 Å². The van der Waals surface area contributed by atoms with E-state index >= 15 is 0 Å². The van der Waals surface area contributed by atoms with Crippen molar-refractivity contribution in [1.29, 1.82) is 5.26 Å². The normalized spacial score (nSPS) is 16.3. The molecule has 1 aliphatic rings. The molecule has 0 heterocycles. The maximum Gasteiger partial charge on any atom is 0.321 e. The molecule has 3 rings (SSSR count). The number of nitriles is 1. The molecule has 0 aromatic heterocycles. The minimum atomic E-state index is -0.619. The number of benzene rings is 2. The number of carbonyl (C=O) groups is 1. The number of unbranched alkanes of at least 4 members (excludes halogenated alkanes) is 1. The predicted octanol–water partition coefficient (Wildman–Crippen LogP) is 7.04. The second-order valence-corrected chi connectivity index (χ2v) is 9.29. The van der Waals surface area contributed by atoms with Crippen molar-refractivity contribution in [2.45, 2.75) is 84.0 Å². The lowest BCUT2D eigenvalue weighted by molar-refractivity contribution is -0.142. The van der Waals surface area contributed by atoms with Gasteiger partial charge in [-0.15, -0.1) is 0 Å². The molecule has 1 aliphatic carbocycles. The van der Waals surface area contributed by atoms with Crippen molar-refractivity contribution in [3.63, 3.8) is 0 Å². The molecular weight excluding hydrogens is 382 g/mol. The zero-order valence-electron chi connectivity index (χ0n) is 19.2. The van der Waals surface area contributed by atoms with E-state index in [-0.39, 0.29) is 5.97 Å². The van der Waals surface area contributed by atoms with Crippen LogP contribution in [0.3, 0.4) is 0 Å². The van der Waals surface area contributed by atoms with Crippen molar-refractivity contribution in [3.05, 3.63) is 64.7 Å². The first-order valence-corrected chi connectivity index (χ1v) is 11.8. The van der Waals surface area contributed by atoms with Gasteiger partial charge in [-0.2, -0.15) is 5.26 Å². The van der Waals surface area contributed by atoms with E-state index in [1.807, 2.05) is 18.2 Å². The first-order valence-electron chi connectivity index (χ1n) is 11.8. The number of hydrogen-bond acceptors (Lipinski definition) is 3. The van der Waals surface area contributed by atoms with E-state index in [1.54, 1.807) is 0 Å². The lowest BCUT2D eigenvalue weighted by Gasteiger charge is -2.35. The summed E-state index contributed by atoms with van der Waals surface area (Å²) in [7, 11) is 0. The van der Waals surface area contributed by atoms with Gasteiger partial charge in [0.25, 0.3) is 0 Å². The van der Waals surface area contributed by atoms with Crippen LogP contribution in [0.2, 0.25) is 0 Å². The van der Waals surface area contributed by atoms with Gasteiger partial charge >= 0.3 is 5.97 Å². The molecule has 0 bridgehead atoms. The molecular formula is C28H35NO2. The zero-order chi connectivity index (χ0) is 22.3. The smallest absolute Gasteiger partial charge is 0.321 e. The fraction of sp³-hybridized carbons (Fsp3) is 0.500. The molecule has 0 saturated heterocycles. The average molecular weight is 418 g/mol. The Balaban J connectivity index is 1.81. The maximum atomic E-state index is 13.5. The van der Waals surface area contributed by atoms with Gasteiger partial charge < -0.3 is 4.74 Å². The molecule has 0 radical (unpaired) electrons. The maximum absolute atomic E-state index is 13.5. The van der Waals surface area contributed by atoms with Gasteiger partial charge in [0.15, 0.2) is 0 Å². The van der Waals surface area contributed by atoms with Crippen LogP contribution in [-0.4, -0.2) is 5.97 Å². The number of ether oxygens (including phenoxy) is 1. The Bertz CT molecular complexity index is 917. The quantitative estimate of drug-likeness (QED) is 0.342.